The van der Waals surface area contributed by atoms with Gasteiger partial charge in [-0.1, -0.05) is 20.8 Å². The summed E-state index contributed by atoms with van der Waals surface area (Å²) in [6.07, 6.45) is 5.21. The highest BCUT2D eigenvalue weighted by molar-refractivity contribution is 5.77. The van der Waals surface area contributed by atoms with Gasteiger partial charge in [0.15, 0.2) is 0 Å². The van der Waals surface area contributed by atoms with E-state index in [4.69, 9.17) is 0 Å². The van der Waals surface area contributed by atoms with Gasteiger partial charge in [0.05, 0.1) is 0 Å². The molecule has 0 radical (unpaired) electrons. The minimum atomic E-state index is 0.122. The maximum atomic E-state index is 12.6. The third-order valence-electron chi connectivity index (χ3n) is 5.24. The lowest BCUT2D eigenvalue weighted by Crippen LogP contribution is -2.38. The van der Waals surface area contributed by atoms with E-state index in [1.165, 1.54) is 12.8 Å². The van der Waals surface area contributed by atoms with Crippen LogP contribution in [0.3, 0.4) is 0 Å². The third kappa shape index (κ3) is 4.72. The van der Waals surface area contributed by atoms with Gasteiger partial charge in [-0.2, -0.15) is 0 Å². The van der Waals surface area contributed by atoms with E-state index in [1.54, 1.807) is 6.92 Å². The summed E-state index contributed by atoms with van der Waals surface area (Å²) in [5.74, 6) is 1.66. The van der Waals surface area contributed by atoms with Crippen molar-refractivity contribution in [3.63, 3.8) is 0 Å². The number of amides is 2. The van der Waals surface area contributed by atoms with Crippen LogP contribution >= 0.6 is 0 Å². The molecule has 1 aliphatic carbocycles. The van der Waals surface area contributed by atoms with Crippen molar-refractivity contribution < 1.29 is 9.59 Å². The standard InChI is InChI=1S/C18H32N2O2/c1-14-10-16(13-18(3,4)12-14)11-17(22)20-7-5-6-19(8-9-20)15(2)21/h14,16H,5-13H2,1-4H3. The first-order chi connectivity index (χ1) is 10.3. The second kappa shape index (κ2) is 7.01. The van der Waals surface area contributed by atoms with Crippen LogP contribution in [0.5, 0.6) is 0 Å². The summed E-state index contributed by atoms with van der Waals surface area (Å²) in [6.45, 7) is 11.6. The van der Waals surface area contributed by atoms with Gasteiger partial charge in [0.2, 0.25) is 11.8 Å². The summed E-state index contributed by atoms with van der Waals surface area (Å²) in [5.41, 5.74) is 0.368. The average molecular weight is 308 g/mol. The van der Waals surface area contributed by atoms with Crippen LogP contribution in [0.25, 0.3) is 0 Å². The van der Waals surface area contributed by atoms with Crippen molar-refractivity contribution >= 4 is 11.8 Å². The van der Waals surface area contributed by atoms with Gasteiger partial charge in [0, 0.05) is 39.5 Å². The molecule has 2 atom stereocenters. The van der Waals surface area contributed by atoms with Crippen LogP contribution in [0.4, 0.5) is 0 Å². The van der Waals surface area contributed by atoms with Gasteiger partial charge in [-0.3, -0.25) is 9.59 Å². The number of carbonyl (C=O) groups is 2. The summed E-state index contributed by atoms with van der Waals surface area (Å²) < 4.78 is 0. The summed E-state index contributed by atoms with van der Waals surface area (Å²) >= 11 is 0. The molecule has 2 rings (SSSR count). The van der Waals surface area contributed by atoms with Crippen molar-refractivity contribution in [1.82, 2.24) is 9.80 Å². The predicted octanol–water partition coefficient (Wildman–Crippen LogP) is 2.92. The Morgan fingerprint density at radius 1 is 1.05 bits per heavy atom. The molecule has 2 amide bonds. The van der Waals surface area contributed by atoms with E-state index in [-0.39, 0.29) is 5.91 Å². The molecule has 1 aliphatic heterocycles. The third-order valence-corrected chi connectivity index (χ3v) is 5.24. The van der Waals surface area contributed by atoms with Crippen molar-refractivity contribution in [2.45, 2.75) is 59.8 Å². The minimum Gasteiger partial charge on any atom is -0.341 e. The molecule has 1 heterocycles. The summed E-state index contributed by atoms with van der Waals surface area (Å²) in [7, 11) is 0. The van der Waals surface area contributed by atoms with Crippen LogP contribution in [0, 0.1) is 17.3 Å². The first-order valence-corrected chi connectivity index (χ1v) is 8.80. The Balaban J connectivity index is 1.88. The molecular formula is C18H32N2O2. The van der Waals surface area contributed by atoms with Crippen molar-refractivity contribution in [2.75, 3.05) is 26.2 Å². The lowest BCUT2D eigenvalue weighted by Gasteiger charge is -2.39. The highest BCUT2D eigenvalue weighted by atomic mass is 16.2. The van der Waals surface area contributed by atoms with E-state index < -0.39 is 0 Å². The van der Waals surface area contributed by atoms with Crippen molar-refractivity contribution in [3.8, 4) is 0 Å². The second-order valence-corrected chi connectivity index (χ2v) is 8.22. The van der Waals surface area contributed by atoms with Crippen LogP contribution < -0.4 is 0 Å². The van der Waals surface area contributed by atoms with E-state index >= 15 is 0 Å². The highest BCUT2D eigenvalue weighted by Crippen LogP contribution is 2.42. The summed E-state index contributed by atoms with van der Waals surface area (Å²) in [5, 5.41) is 0. The number of carbonyl (C=O) groups excluding carboxylic acids is 2. The Morgan fingerprint density at radius 2 is 1.68 bits per heavy atom. The highest BCUT2D eigenvalue weighted by Gasteiger charge is 2.33. The van der Waals surface area contributed by atoms with Gasteiger partial charge >= 0.3 is 0 Å². The van der Waals surface area contributed by atoms with Crippen molar-refractivity contribution in [3.05, 3.63) is 0 Å². The number of hydrogen-bond donors (Lipinski definition) is 0. The van der Waals surface area contributed by atoms with E-state index in [9.17, 15) is 9.59 Å². The quantitative estimate of drug-likeness (QED) is 0.787. The normalized spacial score (nSPS) is 29.1. The molecule has 0 N–H and O–H groups in total. The zero-order valence-corrected chi connectivity index (χ0v) is 14.7. The second-order valence-electron chi connectivity index (χ2n) is 8.22. The molecule has 1 saturated heterocycles. The first kappa shape index (κ1) is 17.3. The van der Waals surface area contributed by atoms with E-state index in [0.717, 1.165) is 31.8 Å². The molecular weight excluding hydrogens is 276 g/mol. The van der Waals surface area contributed by atoms with E-state index in [2.05, 4.69) is 20.8 Å². The topological polar surface area (TPSA) is 40.6 Å². The zero-order chi connectivity index (χ0) is 16.3. The maximum absolute atomic E-state index is 12.6. The van der Waals surface area contributed by atoms with Crippen molar-refractivity contribution in [1.29, 1.82) is 0 Å². The number of rotatable bonds is 2. The molecule has 1 saturated carbocycles. The smallest absolute Gasteiger partial charge is 0.222 e. The Bertz CT molecular complexity index is 419. The van der Waals surface area contributed by atoms with E-state index in [0.29, 0.717) is 36.8 Å². The fourth-order valence-electron chi connectivity index (χ4n) is 4.56. The molecule has 22 heavy (non-hydrogen) atoms. The van der Waals surface area contributed by atoms with Gasteiger partial charge < -0.3 is 9.80 Å². The monoisotopic (exact) mass is 308 g/mol. The van der Waals surface area contributed by atoms with Gasteiger partial charge in [-0.05, 0) is 42.9 Å². The molecule has 2 unspecified atom stereocenters. The molecule has 126 valence electrons. The van der Waals surface area contributed by atoms with Gasteiger partial charge in [-0.25, -0.2) is 0 Å². The lowest BCUT2D eigenvalue weighted by molar-refractivity contribution is -0.134. The van der Waals surface area contributed by atoms with Gasteiger partial charge in [0.1, 0.15) is 0 Å². The molecule has 4 nitrogen and oxygen atoms in total. The molecule has 0 aromatic carbocycles. The minimum absolute atomic E-state index is 0.122. The summed E-state index contributed by atoms with van der Waals surface area (Å²) in [6, 6.07) is 0. The van der Waals surface area contributed by atoms with E-state index in [1.807, 2.05) is 9.80 Å². The van der Waals surface area contributed by atoms with Crippen LogP contribution in [0.2, 0.25) is 0 Å². The van der Waals surface area contributed by atoms with Gasteiger partial charge in [0.25, 0.3) is 0 Å². The van der Waals surface area contributed by atoms with Crippen LogP contribution in [-0.4, -0.2) is 47.8 Å². The number of nitrogens with zero attached hydrogens (tertiary/aromatic N) is 2. The van der Waals surface area contributed by atoms with Gasteiger partial charge in [-0.15, -0.1) is 0 Å². The predicted molar refractivity (Wildman–Crippen MR) is 88.4 cm³/mol. The molecule has 0 aromatic rings. The SMILES string of the molecule is CC(=O)N1CCCN(C(=O)CC2CC(C)CC(C)(C)C2)CC1. The Kier molecular flexibility index (Phi) is 5.51. The lowest BCUT2D eigenvalue weighted by atomic mass is 9.67. The molecule has 0 spiro atoms. The Labute approximate surface area is 135 Å². The van der Waals surface area contributed by atoms with Crippen LogP contribution in [0.1, 0.15) is 59.8 Å². The zero-order valence-electron chi connectivity index (χ0n) is 14.7. The maximum Gasteiger partial charge on any atom is 0.222 e. The molecule has 4 heteroatoms. The number of hydrogen-bond acceptors (Lipinski definition) is 2. The van der Waals surface area contributed by atoms with Crippen LogP contribution in [-0.2, 0) is 9.59 Å². The average Bonchev–Trinajstić information content (AvgIpc) is 2.61. The fourth-order valence-corrected chi connectivity index (χ4v) is 4.56. The van der Waals surface area contributed by atoms with Crippen molar-refractivity contribution in [2.24, 2.45) is 17.3 Å². The Morgan fingerprint density at radius 3 is 2.32 bits per heavy atom. The molecule has 2 aliphatic rings. The molecule has 0 aromatic heterocycles. The fraction of sp³-hybridized carbons (Fsp3) is 0.889. The molecule has 0 bridgehead atoms. The first-order valence-electron chi connectivity index (χ1n) is 8.80. The van der Waals surface area contributed by atoms with Crippen LogP contribution in [0.15, 0.2) is 0 Å². The molecule has 2 fully saturated rings. The Hall–Kier alpha value is -1.06. The summed E-state index contributed by atoms with van der Waals surface area (Å²) in [4.78, 5) is 28.0. The largest absolute Gasteiger partial charge is 0.341 e.